The number of amides is 1. The molecule has 1 amide bonds. The van der Waals surface area contributed by atoms with Crippen molar-refractivity contribution in [2.75, 3.05) is 25.5 Å². The van der Waals surface area contributed by atoms with Crippen molar-refractivity contribution in [3.63, 3.8) is 0 Å². The minimum atomic E-state index is -0.138. The average molecular weight is 376 g/mol. The van der Waals surface area contributed by atoms with Crippen LogP contribution < -0.4 is 15.4 Å². The molecule has 1 aliphatic heterocycles. The molecule has 2 heterocycles. The van der Waals surface area contributed by atoms with Crippen LogP contribution >= 0.6 is 0 Å². The number of hydrogen-bond donors (Lipinski definition) is 2. The number of ether oxygens (including phenoxy) is 1. The topological polar surface area (TPSA) is 68.2 Å². The van der Waals surface area contributed by atoms with Gasteiger partial charge in [0, 0.05) is 11.6 Å². The summed E-state index contributed by atoms with van der Waals surface area (Å²) < 4.78 is 7.09. The van der Waals surface area contributed by atoms with Crippen LogP contribution in [-0.4, -0.2) is 35.9 Å². The van der Waals surface area contributed by atoms with Crippen LogP contribution in [0.2, 0.25) is 0 Å². The van der Waals surface area contributed by atoms with Crippen LogP contribution in [0.25, 0.3) is 5.69 Å². The van der Waals surface area contributed by atoms with Gasteiger partial charge in [0.2, 0.25) is 0 Å². The molecule has 1 saturated heterocycles. The molecule has 28 heavy (non-hydrogen) atoms. The number of para-hydroxylation sites is 1. The van der Waals surface area contributed by atoms with Crippen LogP contribution in [0.4, 0.5) is 5.69 Å². The highest BCUT2D eigenvalue weighted by molar-refractivity contribution is 6.05. The summed E-state index contributed by atoms with van der Waals surface area (Å²) in [4.78, 5) is 13.1. The number of nitrogens with one attached hydrogen (secondary N) is 2. The van der Waals surface area contributed by atoms with E-state index in [1.807, 2.05) is 59.3 Å². The molecule has 6 heteroatoms. The fraction of sp³-hybridized carbons (Fsp3) is 0.273. The Balaban J connectivity index is 1.67. The maximum Gasteiger partial charge on any atom is 0.259 e. The van der Waals surface area contributed by atoms with E-state index in [0.29, 0.717) is 11.5 Å². The Morgan fingerprint density at radius 3 is 2.50 bits per heavy atom. The lowest BCUT2D eigenvalue weighted by atomic mass is 9.91. The first-order valence-electron chi connectivity index (χ1n) is 9.55. The largest absolute Gasteiger partial charge is 0.497 e. The molecule has 0 spiro atoms. The fourth-order valence-corrected chi connectivity index (χ4v) is 3.67. The predicted molar refractivity (Wildman–Crippen MR) is 109 cm³/mol. The second-order valence-electron chi connectivity index (χ2n) is 6.90. The van der Waals surface area contributed by atoms with Gasteiger partial charge < -0.3 is 15.4 Å². The van der Waals surface area contributed by atoms with Gasteiger partial charge in [-0.3, -0.25) is 4.79 Å². The lowest BCUT2D eigenvalue weighted by Crippen LogP contribution is -2.29. The Labute approximate surface area is 164 Å². The highest BCUT2D eigenvalue weighted by Gasteiger charge is 2.27. The van der Waals surface area contributed by atoms with E-state index >= 15 is 0 Å². The molecule has 1 fully saturated rings. The van der Waals surface area contributed by atoms with Crippen molar-refractivity contribution in [2.24, 2.45) is 0 Å². The Kier molecular flexibility index (Phi) is 5.39. The lowest BCUT2D eigenvalue weighted by Gasteiger charge is -2.24. The zero-order chi connectivity index (χ0) is 19.3. The number of nitrogens with zero attached hydrogens (tertiary/aromatic N) is 2. The van der Waals surface area contributed by atoms with Gasteiger partial charge in [0.25, 0.3) is 5.91 Å². The van der Waals surface area contributed by atoms with E-state index in [2.05, 4.69) is 15.7 Å². The number of benzene rings is 2. The third-order valence-corrected chi connectivity index (χ3v) is 5.13. The van der Waals surface area contributed by atoms with E-state index in [0.717, 1.165) is 48.7 Å². The van der Waals surface area contributed by atoms with Crippen molar-refractivity contribution in [1.82, 2.24) is 15.1 Å². The van der Waals surface area contributed by atoms with Crippen molar-refractivity contribution < 1.29 is 9.53 Å². The SMILES string of the molecule is COc1ccc(NC(=O)c2cnn(-c3ccccc3)c2C2CCNCC2)cc1. The number of aromatic nitrogens is 2. The molecule has 2 aromatic carbocycles. The van der Waals surface area contributed by atoms with Crippen molar-refractivity contribution >= 4 is 11.6 Å². The lowest BCUT2D eigenvalue weighted by molar-refractivity contribution is 0.102. The molecule has 0 bridgehead atoms. The minimum absolute atomic E-state index is 0.138. The maximum absolute atomic E-state index is 13.1. The molecule has 0 atom stereocenters. The monoisotopic (exact) mass is 376 g/mol. The molecule has 0 radical (unpaired) electrons. The third kappa shape index (κ3) is 3.77. The summed E-state index contributed by atoms with van der Waals surface area (Å²) in [6.07, 6.45) is 3.66. The van der Waals surface area contributed by atoms with Gasteiger partial charge in [0.05, 0.1) is 30.3 Å². The molecule has 2 N–H and O–H groups in total. The minimum Gasteiger partial charge on any atom is -0.497 e. The molecule has 0 saturated carbocycles. The van der Waals surface area contributed by atoms with Crippen LogP contribution in [-0.2, 0) is 0 Å². The molecule has 6 nitrogen and oxygen atoms in total. The molecule has 4 rings (SSSR count). The Bertz CT molecular complexity index is 929. The smallest absolute Gasteiger partial charge is 0.259 e. The predicted octanol–water partition coefficient (Wildman–Crippen LogP) is 3.60. The van der Waals surface area contributed by atoms with E-state index < -0.39 is 0 Å². The summed E-state index contributed by atoms with van der Waals surface area (Å²) >= 11 is 0. The van der Waals surface area contributed by atoms with E-state index in [-0.39, 0.29) is 5.91 Å². The normalized spacial score (nSPS) is 14.6. The summed E-state index contributed by atoms with van der Waals surface area (Å²) in [6, 6.07) is 17.3. The quantitative estimate of drug-likeness (QED) is 0.714. The second kappa shape index (κ2) is 8.27. The summed E-state index contributed by atoms with van der Waals surface area (Å²) in [7, 11) is 1.62. The van der Waals surface area contributed by atoms with Crippen LogP contribution in [0.5, 0.6) is 5.75 Å². The number of carbonyl (C=O) groups is 1. The zero-order valence-corrected chi connectivity index (χ0v) is 15.9. The molecule has 144 valence electrons. The third-order valence-electron chi connectivity index (χ3n) is 5.13. The van der Waals surface area contributed by atoms with E-state index in [1.165, 1.54) is 0 Å². The maximum atomic E-state index is 13.1. The summed E-state index contributed by atoms with van der Waals surface area (Å²) in [5.41, 5.74) is 3.32. The molecule has 3 aromatic rings. The van der Waals surface area contributed by atoms with Crippen LogP contribution in [0.15, 0.2) is 60.8 Å². The highest BCUT2D eigenvalue weighted by atomic mass is 16.5. The van der Waals surface area contributed by atoms with Crippen LogP contribution in [0, 0.1) is 0 Å². The molecular formula is C22H24N4O2. The van der Waals surface area contributed by atoms with E-state index in [4.69, 9.17) is 4.74 Å². The Morgan fingerprint density at radius 1 is 1.11 bits per heavy atom. The molecule has 1 aliphatic rings. The van der Waals surface area contributed by atoms with Crippen molar-refractivity contribution in [1.29, 1.82) is 0 Å². The number of hydrogen-bond acceptors (Lipinski definition) is 4. The molecule has 0 unspecified atom stereocenters. The van der Waals surface area contributed by atoms with Gasteiger partial charge in [-0.15, -0.1) is 0 Å². The fourth-order valence-electron chi connectivity index (χ4n) is 3.67. The van der Waals surface area contributed by atoms with Gasteiger partial charge >= 0.3 is 0 Å². The van der Waals surface area contributed by atoms with Gasteiger partial charge in [0.15, 0.2) is 0 Å². The first-order chi connectivity index (χ1) is 13.8. The number of methoxy groups -OCH3 is 1. The van der Waals surface area contributed by atoms with Gasteiger partial charge in [-0.05, 0) is 62.3 Å². The number of anilines is 1. The summed E-state index contributed by atoms with van der Waals surface area (Å²) in [6.45, 7) is 1.90. The molecule has 0 aliphatic carbocycles. The molecular weight excluding hydrogens is 352 g/mol. The molecule has 1 aromatic heterocycles. The van der Waals surface area contributed by atoms with Gasteiger partial charge in [-0.2, -0.15) is 5.10 Å². The summed E-state index contributed by atoms with van der Waals surface area (Å²) in [5.74, 6) is 0.909. The first-order valence-corrected chi connectivity index (χ1v) is 9.55. The number of carbonyl (C=O) groups excluding carboxylic acids is 1. The first kappa shape index (κ1) is 18.3. The van der Waals surface area contributed by atoms with Gasteiger partial charge in [-0.25, -0.2) is 4.68 Å². The second-order valence-corrected chi connectivity index (χ2v) is 6.90. The van der Waals surface area contributed by atoms with E-state index in [9.17, 15) is 4.79 Å². The van der Waals surface area contributed by atoms with E-state index in [1.54, 1.807) is 13.3 Å². The summed E-state index contributed by atoms with van der Waals surface area (Å²) in [5, 5.41) is 11.0. The number of rotatable bonds is 5. The van der Waals surface area contributed by atoms with Crippen molar-refractivity contribution in [2.45, 2.75) is 18.8 Å². The Morgan fingerprint density at radius 2 is 1.82 bits per heavy atom. The van der Waals surface area contributed by atoms with Gasteiger partial charge in [0.1, 0.15) is 5.75 Å². The standard InChI is InChI=1S/C22H24N4O2/c1-28-19-9-7-17(8-10-19)25-22(27)20-15-24-26(18-5-3-2-4-6-18)21(20)16-11-13-23-14-12-16/h2-10,15-16,23H,11-14H2,1H3,(H,25,27). The van der Waals surface area contributed by atoms with Crippen LogP contribution in [0.1, 0.15) is 34.8 Å². The van der Waals surface area contributed by atoms with Gasteiger partial charge in [-0.1, -0.05) is 18.2 Å². The van der Waals surface area contributed by atoms with Crippen molar-refractivity contribution in [3.8, 4) is 11.4 Å². The highest BCUT2D eigenvalue weighted by Crippen LogP contribution is 2.30. The Hall–Kier alpha value is -3.12. The average Bonchev–Trinajstić information content (AvgIpc) is 3.21. The van der Waals surface area contributed by atoms with Crippen LogP contribution in [0.3, 0.4) is 0 Å². The number of piperidine rings is 1. The van der Waals surface area contributed by atoms with Crippen molar-refractivity contribution in [3.05, 3.63) is 72.1 Å². The zero-order valence-electron chi connectivity index (χ0n) is 15.9.